The number of benzene rings is 2. The number of carbonyl (C=O) groups is 3. The average Bonchev–Trinajstić information content (AvgIpc) is 2.56. The normalized spacial score (nSPS) is 10.4. The van der Waals surface area contributed by atoms with Crippen LogP contribution in [-0.4, -0.2) is 17.6 Å². The Morgan fingerprint density at radius 1 is 0.960 bits per heavy atom. The predicted octanol–water partition coefficient (Wildman–Crippen LogP) is 3.31. The van der Waals surface area contributed by atoms with Crippen LogP contribution in [0.5, 0.6) is 0 Å². The number of anilines is 1. The molecule has 0 radical (unpaired) electrons. The molecule has 0 heterocycles. The maximum absolute atomic E-state index is 12.2. The van der Waals surface area contributed by atoms with Gasteiger partial charge >= 0.3 is 0 Å². The molecule has 2 amide bonds. The Morgan fingerprint density at radius 2 is 1.68 bits per heavy atom. The second-order valence-electron chi connectivity index (χ2n) is 6.11. The minimum absolute atomic E-state index is 0.0686. The number of Topliss-reactive ketones (excluding diaryl/α,β-unsaturated/α-hetero) is 1. The van der Waals surface area contributed by atoms with Gasteiger partial charge in [0, 0.05) is 29.7 Å². The molecule has 0 atom stereocenters. The SMILES string of the molecule is Cc1ccc(C(=O)CCC(=O)Nc2cccc(C(N)=O)c2C)cc1C. The van der Waals surface area contributed by atoms with Gasteiger partial charge in [-0.25, -0.2) is 0 Å². The van der Waals surface area contributed by atoms with E-state index in [0.717, 1.165) is 11.1 Å². The average molecular weight is 338 g/mol. The van der Waals surface area contributed by atoms with Crippen LogP contribution in [0.4, 0.5) is 5.69 Å². The van der Waals surface area contributed by atoms with Crippen LogP contribution < -0.4 is 11.1 Å². The molecule has 0 saturated heterocycles. The third-order valence-electron chi connectivity index (χ3n) is 4.28. The molecule has 0 spiro atoms. The Morgan fingerprint density at radius 3 is 2.32 bits per heavy atom. The lowest BCUT2D eigenvalue weighted by molar-refractivity contribution is -0.116. The monoisotopic (exact) mass is 338 g/mol. The summed E-state index contributed by atoms with van der Waals surface area (Å²) < 4.78 is 0. The summed E-state index contributed by atoms with van der Waals surface area (Å²) >= 11 is 0. The van der Waals surface area contributed by atoms with Crippen molar-refractivity contribution < 1.29 is 14.4 Å². The summed E-state index contributed by atoms with van der Waals surface area (Å²) in [6, 6.07) is 10.5. The molecule has 3 N–H and O–H groups in total. The molecule has 0 aliphatic heterocycles. The fourth-order valence-corrected chi connectivity index (χ4v) is 2.54. The number of amides is 2. The number of hydrogen-bond donors (Lipinski definition) is 2. The van der Waals surface area contributed by atoms with Crippen molar-refractivity contribution in [3.8, 4) is 0 Å². The Labute approximate surface area is 147 Å². The highest BCUT2D eigenvalue weighted by Crippen LogP contribution is 2.19. The number of nitrogens with one attached hydrogen (secondary N) is 1. The second-order valence-corrected chi connectivity index (χ2v) is 6.11. The van der Waals surface area contributed by atoms with Crippen LogP contribution in [0.25, 0.3) is 0 Å². The molecule has 25 heavy (non-hydrogen) atoms. The summed E-state index contributed by atoms with van der Waals surface area (Å²) in [5.74, 6) is -0.888. The van der Waals surface area contributed by atoms with Crippen molar-refractivity contribution in [2.45, 2.75) is 33.6 Å². The Balaban J connectivity index is 1.99. The van der Waals surface area contributed by atoms with E-state index in [9.17, 15) is 14.4 Å². The van der Waals surface area contributed by atoms with E-state index in [1.165, 1.54) is 0 Å². The first-order valence-corrected chi connectivity index (χ1v) is 8.09. The van der Waals surface area contributed by atoms with E-state index in [2.05, 4.69) is 5.32 Å². The molecule has 130 valence electrons. The lowest BCUT2D eigenvalue weighted by Crippen LogP contribution is -2.17. The van der Waals surface area contributed by atoms with Gasteiger partial charge in [0.1, 0.15) is 0 Å². The van der Waals surface area contributed by atoms with Crippen LogP contribution in [0, 0.1) is 20.8 Å². The molecule has 0 aliphatic rings. The molecule has 5 nitrogen and oxygen atoms in total. The lowest BCUT2D eigenvalue weighted by Gasteiger charge is -2.11. The molecule has 0 saturated carbocycles. The lowest BCUT2D eigenvalue weighted by atomic mass is 10.0. The second kappa shape index (κ2) is 7.75. The zero-order chi connectivity index (χ0) is 18.6. The van der Waals surface area contributed by atoms with Gasteiger partial charge in [-0.1, -0.05) is 18.2 Å². The number of nitrogens with two attached hydrogens (primary N) is 1. The van der Waals surface area contributed by atoms with Crippen LogP contribution in [-0.2, 0) is 4.79 Å². The number of aryl methyl sites for hydroxylation is 2. The van der Waals surface area contributed by atoms with Gasteiger partial charge in [0.05, 0.1) is 0 Å². The first-order chi connectivity index (χ1) is 11.8. The van der Waals surface area contributed by atoms with Crippen molar-refractivity contribution >= 4 is 23.3 Å². The van der Waals surface area contributed by atoms with Crippen molar-refractivity contribution in [2.75, 3.05) is 5.32 Å². The van der Waals surface area contributed by atoms with E-state index in [-0.39, 0.29) is 24.5 Å². The van der Waals surface area contributed by atoms with Crippen molar-refractivity contribution in [2.24, 2.45) is 5.73 Å². The predicted molar refractivity (Wildman–Crippen MR) is 97.8 cm³/mol. The Bertz CT molecular complexity index is 841. The highest BCUT2D eigenvalue weighted by Gasteiger charge is 2.13. The van der Waals surface area contributed by atoms with Crippen molar-refractivity contribution in [1.29, 1.82) is 0 Å². The van der Waals surface area contributed by atoms with E-state index < -0.39 is 5.91 Å². The first-order valence-electron chi connectivity index (χ1n) is 8.09. The molecule has 0 aromatic heterocycles. The Kier molecular flexibility index (Phi) is 5.70. The van der Waals surface area contributed by atoms with Gasteiger partial charge in [-0.05, 0) is 55.7 Å². The van der Waals surface area contributed by atoms with Crippen LogP contribution >= 0.6 is 0 Å². The van der Waals surface area contributed by atoms with E-state index in [0.29, 0.717) is 22.4 Å². The van der Waals surface area contributed by atoms with Gasteiger partial charge in [-0.2, -0.15) is 0 Å². The van der Waals surface area contributed by atoms with Crippen molar-refractivity contribution in [1.82, 2.24) is 0 Å². The summed E-state index contributed by atoms with van der Waals surface area (Å²) in [4.78, 5) is 35.7. The van der Waals surface area contributed by atoms with Crippen LogP contribution in [0.15, 0.2) is 36.4 Å². The van der Waals surface area contributed by atoms with Crippen LogP contribution in [0.3, 0.4) is 0 Å². The molecule has 0 unspecified atom stereocenters. The van der Waals surface area contributed by atoms with Gasteiger partial charge in [-0.15, -0.1) is 0 Å². The van der Waals surface area contributed by atoms with E-state index in [1.807, 2.05) is 26.0 Å². The molecule has 0 aliphatic carbocycles. The van der Waals surface area contributed by atoms with Crippen LogP contribution in [0.1, 0.15) is 50.2 Å². The van der Waals surface area contributed by atoms with Gasteiger partial charge in [0.25, 0.3) is 0 Å². The number of primary amides is 1. The zero-order valence-electron chi connectivity index (χ0n) is 14.7. The van der Waals surface area contributed by atoms with Gasteiger partial charge in [0.2, 0.25) is 11.8 Å². The quantitative estimate of drug-likeness (QED) is 0.792. The number of rotatable bonds is 6. The maximum Gasteiger partial charge on any atom is 0.249 e. The summed E-state index contributed by atoms with van der Waals surface area (Å²) in [7, 11) is 0. The molecule has 2 rings (SSSR count). The summed E-state index contributed by atoms with van der Waals surface area (Å²) in [5, 5.41) is 2.73. The topological polar surface area (TPSA) is 89.3 Å². The van der Waals surface area contributed by atoms with Crippen LogP contribution in [0.2, 0.25) is 0 Å². The largest absolute Gasteiger partial charge is 0.366 e. The molecule has 0 fully saturated rings. The molecule has 2 aromatic rings. The van der Waals surface area contributed by atoms with E-state index >= 15 is 0 Å². The molecular formula is C20H22N2O3. The fourth-order valence-electron chi connectivity index (χ4n) is 2.54. The minimum Gasteiger partial charge on any atom is -0.366 e. The standard InChI is InChI=1S/C20H22N2O3/c1-12-7-8-15(11-13(12)2)18(23)9-10-19(24)22-17-6-4-5-16(14(17)3)20(21)25/h4-8,11H,9-10H2,1-3H3,(H2,21,25)(H,22,24). The van der Waals surface area contributed by atoms with Crippen molar-refractivity contribution in [3.63, 3.8) is 0 Å². The molecule has 5 heteroatoms. The van der Waals surface area contributed by atoms with Gasteiger partial charge in [-0.3, -0.25) is 14.4 Å². The smallest absolute Gasteiger partial charge is 0.249 e. The fraction of sp³-hybridized carbons (Fsp3) is 0.250. The summed E-state index contributed by atoms with van der Waals surface area (Å²) in [6.07, 6.45) is 0.203. The Hall–Kier alpha value is -2.95. The minimum atomic E-state index is -0.543. The number of carbonyl (C=O) groups excluding carboxylic acids is 3. The van der Waals surface area contributed by atoms with Gasteiger partial charge in [0.15, 0.2) is 5.78 Å². The molecule has 0 bridgehead atoms. The van der Waals surface area contributed by atoms with E-state index in [4.69, 9.17) is 5.73 Å². The zero-order valence-corrected chi connectivity index (χ0v) is 14.7. The maximum atomic E-state index is 12.2. The number of hydrogen-bond acceptors (Lipinski definition) is 3. The van der Waals surface area contributed by atoms with E-state index in [1.54, 1.807) is 31.2 Å². The van der Waals surface area contributed by atoms with Crippen molar-refractivity contribution in [3.05, 3.63) is 64.2 Å². The highest BCUT2D eigenvalue weighted by molar-refractivity contribution is 6.01. The molecular weight excluding hydrogens is 316 g/mol. The number of ketones is 1. The third-order valence-corrected chi connectivity index (χ3v) is 4.28. The summed E-state index contributed by atoms with van der Waals surface area (Å²) in [6.45, 7) is 5.66. The third kappa shape index (κ3) is 4.53. The van der Waals surface area contributed by atoms with Gasteiger partial charge < -0.3 is 11.1 Å². The summed E-state index contributed by atoms with van der Waals surface area (Å²) in [5.41, 5.74) is 9.60. The highest BCUT2D eigenvalue weighted by atomic mass is 16.2. The molecule has 2 aromatic carbocycles. The first kappa shape index (κ1) is 18.4.